The molecular weight excluding hydrogens is 272 g/mol. The first-order valence-electron chi connectivity index (χ1n) is 6.73. The minimum absolute atomic E-state index is 0.0118. The van der Waals surface area contributed by atoms with E-state index in [0.29, 0.717) is 11.5 Å². The highest BCUT2D eigenvalue weighted by atomic mass is 35.5. The van der Waals surface area contributed by atoms with Crippen molar-refractivity contribution in [2.45, 2.75) is 32.1 Å². The summed E-state index contributed by atoms with van der Waals surface area (Å²) in [4.78, 5) is 11.7. The number of alkyl halides is 1. The number of hydrogen-bond acceptors (Lipinski definition) is 2. The summed E-state index contributed by atoms with van der Waals surface area (Å²) in [6, 6.07) is 8.93. The van der Waals surface area contributed by atoms with E-state index in [0.717, 1.165) is 18.4 Å². The monoisotopic (exact) mass is 292 g/mol. The summed E-state index contributed by atoms with van der Waals surface area (Å²) in [5, 5.41) is 0.0118. The summed E-state index contributed by atoms with van der Waals surface area (Å²) < 4.78 is 5.08. The fourth-order valence-corrected chi connectivity index (χ4v) is 1.76. The Bertz CT molecular complexity index is 465. The Morgan fingerprint density at radius 3 is 2.60 bits per heavy atom. The van der Waals surface area contributed by atoms with Crippen LogP contribution in [0, 0.1) is 5.92 Å². The number of carbonyl (C=O) groups is 1. The van der Waals surface area contributed by atoms with Crippen LogP contribution in [0.15, 0.2) is 54.8 Å². The SMILES string of the molecule is C=C(C)C(Cl)CCC(C)C=COC(=O)c1ccccc1. The quantitative estimate of drug-likeness (QED) is 0.307. The van der Waals surface area contributed by atoms with Gasteiger partial charge in [-0.2, -0.15) is 0 Å². The van der Waals surface area contributed by atoms with Crippen LogP contribution in [0.1, 0.15) is 37.0 Å². The molecule has 0 aliphatic carbocycles. The molecule has 0 aliphatic heterocycles. The topological polar surface area (TPSA) is 26.3 Å². The number of allylic oxidation sites excluding steroid dienone is 2. The van der Waals surface area contributed by atoms with E-state index >= 15 is 0 Å². The molecule has 1 aromatic rings. The Morgan fingerprint density at radius 1 is 1.35 bits per heavy atom. The molecule has 0 saturated heterocycles. The van der Waals surface area contributed by atoms with Crippen LogP contribution in [0.5, 0.6) is 0 Å². The van der Waals surface area contributed by atoms with Crippen molar-refractivity contribution in [2.24, 2.45) is 5.92 Å². The van der Waals surface area contributed by atoms with Crippen LogP contribution in [0.3, 0.4) is 0 Å². The van der Waals surface area contributed by atoms with E-state index in [-0.39, 0.29) is 11.3 Å². The number of hydrogen-bond donors (Lipinski definition) is 0. The Kier molecular flexibility index (Phi) is 7.10. The van der Waals surface area contributed by atoms with Gasteiger partial charge in [0, 0.05) is 0 Å². The predicted molar refractivity (Wildman–Crippen MR) is 83.9 cm³/mol. The molecule has 0 radical (unpaired) electrons. The van der Waals surface area contributed by atoms with Crippen molar-refractivity contribution >= 4 is 17.6 Å². The Labute approximate surface area is 126 Å². The van der Waals surface area contributed by atoms with Crippen LogP contribution in [0.4, 0.5) is 0 Å². The van der Waals surface area contributed by atoms with Crippen LogP contribution >= 0.6 is 11.6 Å². The molecule has 2 unspecified atom stereocenters. The molecule has 0 fully saturated rings. The van der Waals surface area contributed by atoms with Crippen LogP contribution in [0.25, 0.3) is 0 Å². The molecule has 0 heterocycles. The average molecular weight is 293 g/mol. The van der Waals surface area contributed by atoms with Gasteiger partial charge in [0.1, 0.15) is 0 Å². The maximum atomic E-state index is 11.7. The molecular formula is C17H21ClO2. The molecule has 20 heavy (non-hydrogen) atoms. The molecule has 1 rings (SSSR count). The second kappa shape index (κ2) is 8.60. The zero-order chi connectivity index (χ0) is 15.0. The van der Waals surface area contributed by atoms with E-state index in [1.165, 1.54) is 6.26 Å². The maximum Gasteiger partial charge on any atom is 0.342 e. The molecule has 2 nitrogen and oxygen atoms in total. The standard InChI is InChI=1S/C17H21ClO2/c1-13(2)16(18)10-9-14(3)11-12-20-17(19)15-7-5-4-6-8-15/h4-8,11-12,14,16H,1,9-10H2,2-3H3. The molecule has 0 saturated carbocycles. The van der Waals surface area contributed by atoms with Gasteiger partial charge in [-0.25, -0.2) is 4.79 Å². The van der Waals surface area contributed by atoms with Gasteiger partial charge in [0.2, 0.25) is 0 Å². The summed E-state index contributed by atoms with van der Waals surface area (Å²) >= 11 is 6.12. The number of halogens is 1. The molecule has 0 amide bonds. The summed E-state index contributed by atoms with van der Waals surface area (Å²) in [7, 11) is 0. The smallest absolute Gasteiger partial charge is 0.342 e. The van der Waals surface area contributed by atoms with Crippen LogP contribution in [-0.4, -0.2) is 11.3 Å². The lowest BCUT2D eigenvalue weighted by atomic mass is 10.0. The normalized spacial score (nSPS) is 13.9. The Balaban J connectivity index is 2.34. The Morgan fingerprint density at radius 2 is 2.00 bits per heavy atom. The largest absolute Gasteiger partial charge is 0.431 e. The number of carbonyl (C=O) groups excluding carboxylic acids is 1. The number of benzene rings is 1. The second-order valence-corrected chi connectivity index (χ2v) is 5.50. The molecule has 0 N–H and O–H groups in total. The fraction of sp³-hybridized carbons (Fsp3) is 0.353. The van der Waals surface area contributed by atoms with Crippen molar-refractivity contribution in [1.82, 2.24) is 0 Å². The summed E-state index contributed by atoms with van der Waals surface area (Å²) in [6.45, 7) is 7.83. The molecule has 108 valence electrons. The zero-order valence-electron chi connectivity index (χ0n) is 12.0. The Hall–Kier alpha value is -1.54. The first-order chi connectivity index (χ1) is 9.50. The lowest BCUT2D eigenvalue weighted by Crippen LogP contribution is -2.03. The van der Waals surface area contributed by atoms with Gasteiger partial charge in [0.15, 0.2) is 0 Å². The zero-order valence-corrected chi connectivity index (χ0v) is 12.8. The van der Waals surface area contributed by atoms with Crippen LogP contribution in [0.2, 0.25) is 0 Å². The van der Waals surface area contributed by atoms with Crippen LogP contribution < -0.4 is 0 Å². The predicted octanol–water partition coefficient (Wildman–Crippen LogP) is 4.96. The third-order valence-corrected chi connectivity index (χ3v) is 3.59. The first-order valence-corrected chi connectivity index (χ1v) is 7.16. The van der Waals surface area contributed by atoms with E-state index in [4.69, 9.17) is 16.3 Å². The summed E-state index contributed by atoms with van der Waals surface area (Å²) in [6.07, 6.45) is 5.14. The van der Waals surface area contributed by atoms with Gasteiger partial charge < -0.3 is 4.74 Å². The third kappa shape index (κ3) is 6.07. The highest BCUT2D eigenvalue weighted by molar-refractivity contribution is 6.22. The van der Waals surface area contributed by atoms with E-state index in [2.05, 4.69) is 13.5 Å². The summed E-state index contributed by atoms with van der Waals surface area (Å²) in [5.74, 6) is -0.0367. The third-order valence-electron chi connectivity index (χ3n) is 3.00. The number of rotatable bonds is 7. The summed E-state index contributed by atoms with van der Waals surface area (Å²) in [5.41, 5.74) is 1.53. The van der Waals surface area contributed by atoms with Gasteiger partial charge in [-0.3, -0.25) is 0 Å². The average Bonchev–Trinajstić information content (AvgIpc) is 2.45. The minimum Gasteiger partial charge on any atom is -0.431 e. The number of ether oxygens (including phenoxy) is 1. The molecule has 2 atom stereocenters. The lowest BCUT2D eigenvalue weighted by molar-refractivity contribution is 0.0661. The van der Waals surface area contributed by atoms with Gasteiger partial charge in [0.05, 0.1) is 17.2 Å². The fourth-order valence-electron chi connectivity index (χ4n) is 1.63. The number of esters is 1. The van der Waals surface area contributed by atoms with Crippen molar-refractivity contribution in [3.05, 3.63) is 60.4 Å². The maximum absolute atomic E-state index is 11.7. The van der Waals surface area contributed by atoms with Crippen molar-refractivity contribution in [3.8, 4) is 0 Å². The molecule has 3 heteroatoms. The molecule has 0 aliphatic rings. The molecule has 0 spiro atoms. The van der Waals surface area contributed by atoms with Crippen molar-refractivity contribution in [2.75, 3.05) is 0 Å². The van der Waals surface area contributed by atoms with E-state index in [1.54, 1.807) is 24.3 Å². The van der Waals surface area contributed by atoms with Gasteiger partial charge in [-0.15, -0.1) is 11.6 Å². The molecule has 1 aromatic carbocycles. The van der Waals surface area contributed by atoms with Gasteiger partial charge in [0.25, 0.3) is 0 Å². The van der Waals surface area contributed by atoms with E-state index in [9.17, 15) is 4.79 Å². The van der Waals surface area contributed by atoms with Crippen molar-refractivity contribution < 1.29 is 9.53 Å². The van der Waals surface area contributed by atoms with Gasteiger partial charge in [-0.1, -0.05) is 37.3 Å². The highest BCUT2D eigenvalue weighted by Gasteiger charge is 2.07. The van der Waals surface area contributed by atoms with Crippen molar-refractivity contribution in [3.63, 3.8) is 0 Å². The highest BCUT2D eigenvalue weighted by Crippen LogP contribution is 2.18. The second-order valence-electron chi connectivity index (χ2n) is 4.97. The van der Waals surface area contributed by atoms with Gasteiger partial charge >= 0.3 is 5.97 Å². The lowest BCUT2D eigenvalue weighted by Gasteiger charge is -2.11. The van der Waals surface area contributed by atoms with Gasteiger partial charge in [-0.05, 0) is 43.9 Å². The van der Waals surface area contributed by atoms with Crippen molar-refractivity contribution in [1.29, 1.82) is 0 Å². The molecule has 0 bridgehead atoms. The minimum atomic E-state index is -0.341. The van der Waals surface area contributed by atoms with Crippen LogP contribution in [-0.2, 0) is 4.74 Å². The first kappa shape index (κ1) is 16.5. The van der Waals surface area contributed by atoms with E-state index < -0.39 is 0 Å². The van der Waals surface area contributed by atoms with E-state index in [1.807, 2.05) is 19.1 Å². The molecule has 0 aromatic heterocycles.